The van der Waals surface area contributed by atoms with Crippen molar-refractivity contribution in [2.24, 2.45) is 13.0 Å². The molecule has 1 unspecified atom stereocenters. The van der Waals surface area contributed by atoms with Crippen molar-refractivity contribution < 1.29 is 0 Å². The van der Waals surface area contributed by atoms with Crippen molar-refractivity contribution in [3.8, 4) is 0 Å². The zero-order valence-corrected chi connectivity index (χ0v) is 21.5. The van der Waals surface area contributed by atoms with E-state index in [1.165, 1.54) is 18.4 Å². The Morgan fingerprint density at radius 1 is 1.08 bits per heavy atom. The van der Waals surface area contributed by atoms with Crippen LogP contribution in [0.15, 0.2) is 73.5 Å². The average molecular weight is 481 g/mol. The smallest absolute Gasteiger partial charge is 0.0961 e. The Morgan fingerprint density at radius 3 is 2.53 bits per heavy atom. The molecule has 1 fully saturated rings. The number of hydrogen-bond donors (Lipinski definition) is 2. The molecule has 0 aliphatic carbocycles. The number of piperidine rings is 1. The maximum atomic E-state index is 4.45. The minimum absolute atomic E-state index is 0.482. The molecule has 1 atom stereocenters. The van der Waals surface area contributed by atoms with Gasteiger partial charge in [-0.15, -0.1) is 0 Å². The highest BCUT2D eigenvalue weighted by Crippen LogP contribution is 2.28. The van der Waals surface area contributed by atoms with E-state index in [9.17, 15) is 0 Å². The Bertz CT molecular complexity index is 1400. The van der Waals surface area contributed by atoms with Gasteiger partial charge in [-0.2, -0.15) is 0 Å². The summed E-state index contributed by atoms with van der Waals surface area (Å²) in [7, 11) is 4.05. The number of para-hydroxylation sites is 1. The molecule has 0 radical (unpaired) electrons. The zero-order chi connectivity index (χ0) is 25.3. The predicted molar refractivity (Wildman–Crippen MR) is 149 cm³/mol. The van der Waals surface area contributed by atoms with Crippen LogP contribution in [0.5, 0.6) is 0 Å². The lowest BCUT2D eigenvalue weighted by atomic mass is 9.86. The van der Waals surface area contributed by atoms with E-state index in [0.717, 1.165) is 51.7 Å². The van der Waals surface area contributed by atoms with Crippen molar-refractivity contribution in [3.05, 3.63) is 95.2 Å². The van der Waals surface area contributed by atoms with Crippen LogP contribution in [0.1, 0.15) is 36.9 Å². The summed E-state index contributed by atoms with van der Waals surface area (Å²) in [6, 6.07) is 12.8. The Morgan fingerprint density at radius 2 is 1.83 bits per heavy atom. The fourth-order valence-electron chi connectivity index (χ4n) is 4.77. The summed E-state index contributed by atoms with van der Waals surface area (Å²) in [6.07, 6.45) is 15.9. The van der Waals surface area contributed by atoms with Crippen molar-refractivity contribution in [2.75, 3.05) is 20.1 Å². The lowest BCUT2D eigenvalue weighted by Gasteiger charge is -2.30. The first-order chi connectivity index (χ1) is 17.6. The Labute approximate surface area is 213 Å². The van der Waals surface area contributed by atoms with Crippen LogP contribution in [-0.2, 0) is 7.05 Å². The van der Waals surface area contributed by atoms with Crippen LogP contribution in [0.4, 0.5) is 0 Å². The summed E-state index contributed by atoms with van der Waals surface area (Å²) >= 11 is 0. The first-order valence-corrected chi connectivity index (χ1v) is 12.6. The SMILES string of the molecule is C=c1/c(=C\C=C(/C)c2cccc3nccnc23)ccn1C.CNC(c1ccncc1)C1CCNCC1. The van der Waals surface area contributed by atoms with Crippen LogP contribution in [0.3, 0.4) is 0 Å². The third kappa shape index (κ3) is 6.14. The minimum Gasteiger partial charge on any atom is -0.351 e. The van der Waals surface area contributed by atoms with Crippen molar-refractivity contribution in [1.29, 1.82) is 0 Å². The van der Waals surface area contributed by atoms with E-state index in [-0.39, 0.29) is 0 Å². The van der Waals surface area contributed by atoms with Crippen LogP contribution in [0, 0.1) is 5.92 Å². The molecule has 5 rings (SSSR count). The molecule has 4 heterocycles. The molecule has 2 N–H and O–H groups in total. The van der Waals surface area contributed by atoms with Crippen LogP contribution in [-0.4, -0.2) is 39.7 Å². The molecule has 0 amide bonds. The summed E-state index contributed by atoms with van der Waals surface area (Å²) in [5.41, 5.74) is 5.48. The first kappa shape index (κ1) is 25.5. The molecule has 0 spiro atoms. The number of allylic oxidation sites excluding steroid dienone is 2. The van der Waals surface area contributed by atoms with E-state index in [1.54, 1.807) is 12.4 Å². The second-order valence-electron chi connectivity index (χ2n) is 9.21. The lowest BCUT2D eigenvalue weighted by molar-refractivity contribution is 0.294. The highest BCUT2D eigenvalue weighted by atomic mass is 14.9. The Balaban J connectivity index is 0.000000179. The summed E-state index contributed by atoms with van der Waals surface area (Å²) in [4.78, 5) is 12.9. The van der Waals surface area contributed by atoms with E-state index in [1.807, 2.05) is 49.4 Å². The second kappa shape index (κ2) is 12.4. The fourth-order valence-corrected chi connectivity index (χ4v) is 4.77. The number of hydrogen-bond acceptors (Lipinski definition) is 5. The topological polar surface area (TPSA) is 67.7 Å². The zero-order valence-electron chi connectivity index (χ0n) is 21.5. The molecular weight excluding hydrogens is 444 g/mol. The molecule has 1 aliphatic rings. The van der Waals surface area contributed by atoms with Crippen molar-refractivity contribution in [3.63, 3.8) is 0 Å². The van der Waals surface area contributed by atoms with Crippen molar-refractivity contribution in [1.82, 2.24) is 30.2 Å². The van der Waals surface area contributed by atoms with Gasteiger partial charge >= 0.3 is 0 Å². The quantitative estimate of drug-likeness (QED) is 0.457. The van der Waals surface area contributed by atoms with Gasteiger partial charge in [0.15, 0.2) is 0 Å². The molecular formula is C30H36N6. The maximum absolute atomic E-state index is 4.45. The number of rotatable bonds is 5. The monoisotopic (exact) mass is 480 g/mol. The molecule has 6 nitrogen and oxygen atoms in total. The van der Waals surface area contributed by atoms with Crippen LogP contribution in [0.2, 0.25) is 0 Å². The molecule has 1 aliphatic heterocycles. The molecule has 186 valence electrons. The van der Waals surface area contributed by atoms with Crippen LogP contribution < -0.4 is 21.2 Å². The number of benzene rings is 1. The Kier molecular flexibility index (Phi) is 8.76. The van der Waals surface area contributed by atoms with Crippen LogP contribution >= 0.6 is 0 Å². The van der Waals surface area contributed by atoms with E-state index >= 15 is 0 Å². The number of aromatic nitrogens is 4. The highest BCUT2D eigenvalue weighted by molar-refractivity contribution is 5.89. The summed E-state index contributed by atoms with van der Waals surface area (Å²) in [6.45, 7) is 8.44. The summed E-state index contributed by atoms with van der Waals surface area (Å²) < 4.78 is 2.01. The fraction of sp³-hybridized carbons (Fsp3) is 0.300. The summed E-state index contributed by atoms with van der Waals surface area (Å²) in [5, 5.41) is 8.98. The second-order valence-corrected chi connectivity index (χ2v) is 9.21. The minimum atomic E-state index is 0.482. The average Bonchev–Trinajstić information content (AvgIpc) is 3.26. The molecule has 1 saturated heterocycles. The van der Waals surface area contributed by atoms with Crippen molar-refractivity contribution in [2.45, 2.75) is 25.8 Å². The lowest BCUT2D eigenvalue weighted by Crippen LogP contribution is -2.35. The molecule has 3 aromatic heterocycles. The highest BCUT2D eigenvalue weighted by Gasteiger charge is 2.23. The number of aryl methyl sites for hydroxylation is 1. The molecule has 0 bridgehead atoms. The maximum Gasteiger partial charge on any atom is 0.0961 e. The van der Waals surface area contributed by atoms with Gasteiger partial charge in [0.05, 0.1) is 11.0 Å². The van der Waals surface area contributed by atoms with E-state index in [4.69, 9.17) is 0 Å². The number of pyridine rings is 1. The van der Waals surface area contributed by atoms with Gasteiger partial charge in [-0.25, -0.2) is 0 Å². The van der Waals surface area contributed by atoms with Gasteiger partial charge in [0.2, 0.25) is 0 Å². The molecule has 4 aromatic rings. The summed E-state index contributed by atoms with van der Waals surface area (Å²) in [5.74, 6) is 0.749. The van der Waals surface area contributed by atoms with Gasteiger partial charge < -0.3 is 15.2 Å². The third-order valence-electron chi connectivity index (χ3n) is 6.90. The Hall–Kier alpha value is -3.61. The van der Waals surface area contributed by atoms with Gasteiger partial charge in [0.1, 0.15) is 0 Å². The first-order valence-electron chi connectivity index (χ1n) is 12.6. The standard InChI is InChI=1S/C18H17N3.C12H19N3/c1-13(7-8-15-9-12-21(3)14(15)2)16-5-4-6-17-18(16)20-11-10-19-17;1-13-12(10-2-6-14-7-3-10)11-4-8-15-9-5-11/h4-12H,2H2,1,3H3;2-3,6-7,11-13,15H,4-5,8-9H2,1H3/b13-7+,15-8-;. The molecule has 6 heteroatoms. The van der Waals surface area contributed by atoms with Gasteiger partial charge in [-0.05, 0) is 86.4 Å². The number of nitrogens with zero attached hydrogens (tertiary/aromatic N) is 4. The normalized spacial score (nSPS) is 16.0. The largest absolute Gasteiger partial charge is 0.351 e. The third-order valence-corrected chi connectivity index (χ3v) is 6.90. The van der Waals surface area contributed by atoms with Gasteiger partial charge in [-0.1, -0.05) is 30.9 Å². The number of nitrogens with one attached hydrogen (secondary N) is 2. The van der Waals surface area contributed by atoms with E-state index in [2.05, 4.69) is 75.5 Å². The molecule has 0 saturated carbocycles. The van der Waals surface area contributed by atoms with Gasteiger partial charge in [0, 0.05) is 55.0 Å². The van der Waals surface area contributed by atoms with Gasteiger partial charge in [-0.3, -0.25) is 15.0 Å². The molecule has 36 heavy (non-hydrogen) atoms. The van der Waals surface area contributed by atoms with E-state index in [0.29, 0.717) is 6.04 Å². The van der Waals surface area contributed by atoms with Crippen molar-refractivity contribution >= 4 is 29.3 Å². The van der Waals surface area contributed by atoms with Crippen LogP contribution in [0.25, 0.3) is 29.3 Å². The predicted octanol–water partition coefficient (Wildman–Crippen LogP) is 3.60. The molecule has 1 aromatic carbocycles. The number of fused-ring (bicyclic) bond motifs is 1. The van der Waals surface area contributed by atoms with Gasteiger partial charge in [0.25, 0.3) is 0 Å². The van der Waals surface area contributed by atoms with E-state index < -0.39 is 0 Å².